The molecule has 0 saturated heterocycles. The van der Waals surface area contributed by atoms with Gasteiger partial charge in [-0.3, -0.25) is 0 Å². The summed E-state index contributed by atoms with van der Waals surface area (Å²) in [5, 5.41) is 11.6. The van der Waals surface area contributed by atoms with Crippen molar-refractivity contribution in [1.82, 2.24) is 0 Å². The summed E-state index contributed by atoms with van der Waals surface area (Å²) in [4.78, 5) is 1.70. The quantitative estimate of drug-likeness (QED) is 0.369. The summed E-state index contributed by atoms with van der Waals surface area (Å²) in [5.74, 6) is 0.0828. The maximum absolute atomic E-state index is 8.59. The molecule has 0 fully saturated rings. The molecule has 0 atom stereocenters. The number of halogens is 1. The molecule has 0 bridgehead atoms. The molecule has 0 amide bonds. The van der Waals surface area contributed by atoms with Crippen molar-refractivity contribution in [2.45, 2.75) is 6.92 Å². The minimum absolute atomic E-state index is 0.0828. The van der Waals surface area contributed by atoms with E-state index in [1.165, 1.54) is 0 Å². The first-order valence-electron chi connectivity index (χ1n) is 4.20. The molecule has 1 aromatic rings. The van der Waals surface area contributed by atoms with Gasteiger partial charge in [-0.05, 0) is 35.0 Å². The third kappa shape index (κ3) is 2.17. The summed E-state index contributed by atoms with van der Waals surface area (Å²) in [7, 11) is 0. The molecule has 0 radical (unpaired) electrons. The zero-order valence-corrected chi connectivity index (χ0v) is 9.40. The van der Waals surface area contributed by atoms with Gasteiger partial charge >= 0.3 is 0 Å². The molecule has 0 aliphatic rings. The smallest absolute Gasteiger partial charge is 0.237 e. The van der Waals surface area contributed by atoms with Gasteiger partial charge in [-0.25, -0.2) is 0 Å². The Kier molecular flexibility index (Phi) is 3.76. The van der Waals surface area contributed by atoms with Crippen LogP contribution in [0.4, 0.5) is 5.69 Å². The number of benzene rings is 1. The van der Waals surface area contributed by atoms with E-state index in [1.807, 2.05) is 31.2 Å². The molecule has 0 aliphatic carbocycles. The van der Waals surface area contributed by atoms with Crippen molar-refractivity contribution in [3.8, 4) is 0 Å². The lowest BCUT2D eigenvalue weighted by Gasteiger charge is -2.21. The summed E-state index contributed by atoms with van der Waals surface area (Å²) in [6.07, 6.45) is 0. The van der Waals surface area contributed by atoms with Crippen molar-refractivity contribution >= 4 is 27.6 Å². The maximum Gasteiger partial charge on any atom is 0.237 e. The van der Waals surface area contributed by atoms with Gasteiger partial charge in [0.25, 0.3) is 0 Å². The Morgan fingerprint density at radius 2 is 2.21 bits per heavy atom. The van der Waals surface area contributed by atoms with E-state index in [0.29, 0.717) is 6.54 Å². The summed E-state index contributed by atoms with van der Waals surface area (Å²) < 4.78 is 0.911. The van der Waals surface area contributed by atoms with Crippen LogP contribution in [0.25, 0.3) is 0 Å². The molecule has 14 heavy (non-hydrogen) atoms. The molecular weight excluding hydrogens is 246 g/mol. The lowest BCUT2D eigenvalue weighted by atomic mass is 10.3. The van der Waals surface area contributed by atoms with E-state index in [9.17, 15) is 0 Å². The van der Waals surface area contributed by atoms with E-state index in [4.69, 9.17) is 10.9 Å². The monoisotopic (exact) mass is 257 g/mol. The number of nitrogens with two attached hydrogens (primary N) is 1. The van der Waals surface area contributed by atoms with Crippen LogP contribution in [0, 0.1) is 0 Å². The Bertz CT molecular complexity index is 341. The number of para-hydroxylation sites is 1. The minimum atomic E-state index is 0.0828. The normalized spacial score (nSPS) is 11.4. The second-order valence-corrected chi connectivity index (χ2v) is 3.51. The van der Waals surface area contributed by atoms with Crippen LogP contribution in [-0.2, 0) is 0 Å². The first-order valence-corrected chi connectivity index (χ1v) is 4.99. The van der Waals surface area contributed by atoms with Gasteiger partial charge in [0.15, 0.2) is 0 Å². The predicted octanol–water partition coefficient (Wildman–Crippen LogP) is 1.98. The molecule has 5 heteroatoms. The predicted molar refractivity (Wildman–Crippen MR) is 60.6 cm³/mol. The van der Waals surface area contributed by atoms with Gasteiger partial charge in [0, 0.05) is 11.0 Å². The van der Waals surface area contributed by atoms with Crippen LogP contribution in [0.1, 0.15) is 6.92 Å². The summed E-state index contributed by atoms with van der Waals surface area (Å²) in [6, 6.07) is 7.61. The average Bonchev–Trinajstić information content (AvgIpc) is 2.21. The Balaban J connectivity index is 3.07. The van der Waals surface area contributed by atoms with Gasteiger partial charge in [-0.2, -0.15) is 0 Å². The number of oxime groups is 1. The van der Waals surface area contributed by atoms with Gasteiger partial charge in [0.1, 0.15) is 0 Å². The number of nitrogens with zero attached hydrogens (tertiary/aromatic N) is 2. The zero-order valence-electron chi connectivity index (χ0n) is 7.81. The van der Waals surface area contributed by atoms with Crippen molar-refractivity contribution in [3.05, 3.63) is 28.7 Å². The third-order valence-electron chi connectivity index (χ3n) is 1.84. The van der Waals surface area contributed by atoms with Crippen LogP contribution >= 0.6 is 15.9 Å². The molecular formula is C9H12BrN3O. The first-order chi connectivity index (χ1) is 6.70. The molecule has 0 spiro atoms. The van der Waals surface area contributed by atoms with Crippen LogP contribution < -0.4 is 10.6 Å². The number of rotatable bonds is 2. The molecule has 4 nitrogen and oxygen atoms in total. The summed E-state index contributed by atoms with van der Waals surface area (Å²) in [5.41, 5.74) is 6.41. The second kappa shape index (κ2) is 4.85. The Morgan fingerprint density at radius 3 is 2.71 bits per heavy atom. The lowest BCUT2D eigenvalue weighted by molar-refractivity contribution is 0.317. The molecule has 76 valence electrons. The Morgan fingerprint density at radius 1 is 1.57 bits per heavy atom. The third-order valence-corrected chi connectivity index (χ3v) is 2.51. The van der Waals surface area contributed by atoms with E-state index in [2.05, 4.69) is 21.1 Å². The highest BCUT2D eigenvalue weighted by Gasteiger charge is 2.11. The van der Waals surface area contributed by atoms with Crippen LogP contribution in [0.3, 0.4) is 0 Å². The fourth-order valence-electron chi connectivity index (χ4n) is 1.18. The standard InChI is InChI=1S/C9H12BrN3O/c1-2-13(9(11)12-14)8-6-4-3-5-7(8)10/h3-6,14H,2H2,1H3,(H2,11,12). The number of hydrogen-bond donors (Lipinski definition) is 2. The topological polar surface area (TPSA) is 61.8 Å². The highest BCUT2D eigenvalue weighted by Crippen LogP contribution is 2.25. The molecule has 1 aromatic carbocycles. The van der Waals surface area contributed by atoms with E-state index in [-0.39, 0.29) is 5.96 Å². The largest absolute Gasteiger partial charge is 0.408 e. The van der Waals surface area contributed by atoms with Crippen molar-refractivity contribution in [1.29, 1.82) is 0 Å². The molecule has 0 aliphatic heterocycles. The fraction of sp³-hybridized carbons (Fsp3) is 0.222. The zero-order chi connectivity index (χ0) is 10.6. The molecule has 0 aromatic heterocycles. The Hall–Kier alpha value is -1.23. The minimum Gasteiger partial charge on any atom is -0.408 e. The highest BCUT2D eigenvalue weighted by atomic mass is 79.9. The molecule has 0 unspecified atom stereocenters. The SMILES string of the molecule is CCN(/C(N)=N/O)c1ccccc1Br. The number of guanidine groups is 1. The van der Waals surface area contributed by atoms with Gasteiger partial charge in [0.2, 0.25) is 5.96 Å². The average molecular weight is 258 g/mol. The second-order valence-electron chi connectivity index (χ2n) is 2.65. The fourth-order valence-corrected chi connectivity index (χ4v) is 1.68. The van der Waals surface area contributed by atoms with Gasteiger partial charge in [-0.1, -0.05) is 17.3 Å². The van der Waals surface area contributed by atoms with Gasteiger partial charge in [-0.15, -0.1) is 0 Å². The van der Waals surface area contributed by atoms with Gasteiger partial charge in [0.05, 0.1) is 5.69 Å². The van der Waals surface area contributed by atoms with E-state index < -0.39 is 0 Å². The van der Waals surface area contributed by atoms with E-state index >= 15 is 0 Å². The first kappa shape index (κ1) is 10.8. The van der Waals surface area contributed by atoms with Crippen molar-refractivity contribution in [2.75, 3.05) is 11.4 Å². The van der Waals surface area contributed by atoms with Crippen molar-refractivity contribution in [3.63, 3.8) is 0 Å². The lowest BCUT2D eigenvalue weighted by Crippen LogP contribution is -2.37. The number of anilines is 1. The Labute approximate surface area is 91.1 Å². The van der Waals surface area contributed by atoms with Crippen LogP contribution in [0.15, 0.2) is 33.9 Å². The molecule has 0 saturated carbocycles. The van der Waals surface area contributed by atoms with Crippen molar-refractivity contribution in [2.24, 2.45) is 10.9 Å². The molecule has 0 heterocycles. The van der Waals surface area contributed by atoms with Gasteiger partial charge < -0.3 is 15.8 Å². The van der Waals surface area contributed by atoms with E-state index in [1.54, 1.807) is 4.90 Å². The summed E-state index contributed by atoms with van der Waals surface area (Å²) in [6.45, 7) is 2.57. The van der Waals surface area contributed by atoms with Crippen LogP contribution in [0.5, 0.6) is 0 Å². The van der Waals surface area contributed by atoms with E-state index in [0.717, 1.165) is 10.2 Å². The molecule has 1 rings (SSSR count). The number of hydrogen-bond acceptors (Lipinski definition) is 2. The molecule has 3 N–H and O–H groups in total. The highest BCUT2D eigenvalue weighted by molar-refractivity contribution is 9.10. The summed E-state index contributed by atoms with van der Waals surface area (Å²) >= 11 is 3.40. The van der Waals surface area contributed by atoms with Crippen molar-refractivity contribution < 1.29 is 5.21 Å². The maximum atomic E-state index is 8.59. The van der Waals surface area contributed by atoms with Crippen LogP contribution in [0.2, 0.25) is 0 Å². The van der Waals surface area contributed by atoms with Crippen LogP contribution in [-0.4, -0.2) is 17.7 Å².